The van der Waals surface area contributed by atoms with Crippen LogP contribution in [-0.2, 0) is 9.53 Å². The Morgan fingerprint density at radius 3 is 2.90 bits per heavy atom. The van der Waals surface area contributed by atoms with Gasteiger partial charge in [0.1, 0.15) is 0 Å². The van der Waals surface area contributed by atoms with Gasteiger partial charge in [0.25, 0.3) is 0 Å². The van der Waals surface area contributed by atoms with Crippen LogP contribution in [0.5, 0.6) is 0 Å². The highest BCUT2D eigenvalue weighted by atomic mass is 32.2. The number of amides is 1. The second-order valence-corrected chi connectivity index (χ2v) is 4.73. The maximum absolute atomic E-state index is 11.8. The predicted molar refractivity (Wildman–Crippen MR) is 75.7 cm³/mol. The van der Waals surface area contributed by atoms with Gasteiger partial charge in [0.2, 0.25) is 5.91 Å². The molecule has 2 aromatic rings. The number of aromatic amines is 1. The van der Waals surface area contributed by atoms with Gasteiger partial charge in [-0.15, -0.1) is 0 Å². The molecule has 2 rings (SSSR count). The summed E-state index contributed by atoms with van der Waals surface area (Å²) < 4.78 is 4.67. The van der Waals surface area contributed by atoms with E-state index in [0.29, 0.717) is 16.4 Å². The Hall–Kier alpha value is -2.28. The maximum atomic E-state index is 11.8. The van der Waals surface area contributed by atoms with Crippen molar-refractivity contribution in [1.82, 2.24) is 9.97 Å². The SMILES string of the molecule is COC(=O)c1ccccc1NC(=O)CSc1ncc[nH]1. The zero-order valence-electron chi connectivity index (χ0n) is 10.8. The van der Waals surface area contributed by atoms with Crippen LogP contribution in [0, 0.1) is 0 Å². The van der Waals surface area contributed by atoms with Crippen molar-refractivity contribution in [3.05, 3.63) is 42.2 Å². The van der Waals surface area contributed by atoms with Crippen molar-refractivity contribution in [2.24, 2.45) is 0 Å². The lowest BCUT2D eigenvalue weighted by Gasteiger charge is -2.08. The molecule has 0 saturated carbocycles. The fourth-order valence-corrected chi connectivity index (χ4v) is 2.16. The molecular formula is C13H13N3O3S. The van der Waals surface area contributed by atoms with Gasteiger partial charge in [-0.25, -0.2) is 9.78 Å². The third-order valence-electron chi connectivity index (χ3n) is 2.42. The Bertz CT molecular complexity index is 599. The van der Waals surface area contributed by atoms with Gasteiger partial charge in [-0.3, -0.25) is 4.79 Å². The first-order chi connectivity index (χ1) is 9.70. The summed E-state index contributed by atoms with van der Waals surface area (Å²) in [6.45, 7) is 0. The number of esters is 1. The van der Waals surface area contributed by atoms with Crippen LogP contribution < -0.4 is 5.32 Å². The van der Waals surface area contributed by atoms with Crippen molar-refractivity contribution >= 4 is 29.3 Å². The number of para-hydroxylation sites is 1. The number of hydrogen-bond acceptors (Lipinski definition) is 5. The summed E-state index contributed by atoms with van der Waals surface area (Å²) in [5.74, 6) is -0.509. The van der Waals surface area contributed by atoms with Gasteiger partial charge in [-0.1, -0.05) is 23.9 Å². The first kappa shape index (κ1) is 14.1. The van der Waals surface area contributed by atoms with Gasteiger partial charge >= 0.3 is 5.97 Å². The number of carbonyl (C=O) groups excluding carboxylic acids is 2. The summed E-state index contributed by atoms with van der Waals surface area (Å²) >= 11 is 1.28. The number of aromatic nitrogens is 2. The number of imidazole rings is 1. The summed E-state index contributed by atoms with van der Waals surface area (Å²) in [7, 11) is 1.30. The molecule has 0 spiro atoms. The summed E-state index contributed by atoms with van der Waals surface area (Å²) in [5, 5.41) is 3.35. The average molecular weight is 291 g/mol. The van der Waals surface area contributed by atoms with Crippen LogP contribution >= 0.6 is 11.8 Å². The van der Waals surface area contributed by atoms with Crippen LogP contribution in [0.25, 0.3) is 0 Å². The lowest BCUT2D eigenvalue weighted by Crippen LogP contribution is -2.17. The summed E-state index contributed by atoms with van der Waals surface area (Å²) in [6, 6.07) is 6.70. The van der Waals surface area contributed by atoms with Crippen LogP contribution in [0.4, 0.5) is 5.69 Å². The minimum absolute atomic E-state index is 0.197. The van der Waals surface area contributed by atoms with Crippen molar-refractivity contribution in [3.63, 3.8) is 0 Å². The Labute approximate surface area is 119 Å². The Kier molecular flexibility index (Phi) is 4.78. The van der Waals surface area contributed by atoms with E-state index in [1.807, 2.05) is 0 Å². The molecule has 0 atom stereocenters. The molecule has 0 saturated heterocycles. The van der Waals surface area contributed by atoms with Crippen LogP contribution in [-0.4, -0.2) is 34.7 Å². The van der Waals surface area contributed by atoms with E-state index in [9.17, 15) is 9.59 Å². The summed E-state index contributed by atoms with van der Waals surface area (Å²) in [5.41, 5.74) is 0.760. The fraction of sp³-hybridized carbons (Fsp3) is 0.154. The molecule has 6 nitrogen and oxygen atoms in total. The number of nitrogens with one attached hydrogen (secondary N) is 2. The number of nitrogens with zero attached hydrogens (tertiary/aromatic N) is 1. The van der Waals surface area contributed by atoms with Crippen LogP contribution in [0.15, 0.2) is 41.8 Å². The van der Waals surface area contributed by atoms with Crippen molar-refractivity contribution in [2.45, 2.75) is 5.16 Å². The van der Waals surface area contributed by atoms with Crippen molar-refractivity contribution in [1.29, 1.82) is 0 Å². The monoisotopic (exact) mass is 291 g/mol. The standard InChI is InChI=1S/C13H13N3O3S/c1-19-12(18)9-4-2-3-5-10(9)16-11(17)8-20-13-14-6-7-15-13/h2-7H,8H2,1H3,(H,14,15)(H,16,17). The molecule has 2 N–H and O–H groups in total. The smallest absolute Gasteiger partial charge is 0.339 e. The quantitative estimate of drug-likeness (QED) is 0.649. The molecule has 0 aliphatic carbocycles. The minimum atomic E-state index is -0.486. The van der Waals surface area contributed by atoms with E-state index in [1.165, 1.54) is 18.9 Å². The summed E-state index contributed by atoms with van der Waals surface area (Å²) in [4.78, 5) is 30.3. The van der Waals surface area contributed by atoms with E-state index in [1.54, 1.807) is 36.7 Å². The van der Waals surface area contributed by atoms with Crippen molar-refractivity contribution in [2.75, 3.05) is 18.2 Å². The average Bonchev–Trinajstić information content (AvgIpc) is 2.98. The number of hydrogen-bond donors (Lipinski definition) is 2. The fourth-order valence-electron chi connectivity index (χ4n) is 1.53. The molecule has 7 heteroatoms. The van der Waals surface area contributed by atoms with Crippen molar-refractivity contribution in [3.8, 4) is 0 Å². The van der Waals surface area contributed by atoms with E-state index in [-0.39, 0.29) is 11.7 Å². The Morgan fingerprint density at radius 2 is 2.20 bits per heavy atom. The molecule has 0 fully saturated rings. The largest absolute Gasteiger partial charge is 0.465 e. The molecule has 1 amide bonds. The molecule has 1 heterocycles. The molecule has 0 aliphatic rings. The number of benzene rings is 1. The topological polar surface area (TPSA) is 84.1 Å². The van der Waals surface area contributed by atoms with Gasteiger partial charge in [-0.05, 0) is 12.1 Å². The second-order valence-electron chi connectivity index (χ2n) is 3.77. The van der Waals surface area contributed by atoms with Gasteiger partial charge in [0.15, 0.2) is 5.16 Å². The number of rotatable bonds is 5. The van der Waals surface area contributed by atoms with Gasteiger partial charge in [-0.2, -0.15) is 0 Å². The third-order valence-corrected chi connectivity index (χ3v) is 3.32. The molecule has 20 heavy (non-hydrogen) atoms. The van der Waals surface area contributed by atoms with E-state index < -0.39 is 5.97 Å². The number of H-pyrrole nitrogens is 1. The first-order valence-corrected chi connectivity index (χ1v) is 6.78. The highest BCUT2D eigenvalue weighted by Crippen LogP contribution is 2.17. The number of ether oxygens (including phenoxy) is 1. The number of anilines is 1. The van der Waals surface area contributed by atoms with Gasteiger partial charge in [0.05, 0.1) is 24.1 Å². The highest BCUT2D eigenvalue weighted by Gasteiger charge is 2.13. The van der Waals surface area contributed by atoms with E-state index in [0.717, 1.165) is 0 Å². The number of thioether (sulfide) groups is 1. The van der Waals surface area contributed by atoms with Crippen LogP contribution in [0.3, 0.4) is 0 Å². The Morgan fingerprint density at radius 1 is 1.40 bits per heavy atom. The molecule has 0 radical (unpaired) electrons. The molecule has 1 aromatic heterocycles. The first-order valence-electron chi connectivity index (χ1n) is 5.80. The zero-order valence-corrected chi connectivity index (χ0v) is 11.6. The Balaban J connectivity index is 1.99. The van der Waals surface area contributed by atoms with E-state index in [4.69, 9.17) is 0 Å². The maximum Gasteiger partial charge on any atom is 0.339 e. The molecular weight excluding hydrogens is 278 g/mol. The molecule has 104 valence electrons. The predicted octanol–water partition coefficient (Wildman–Crippen LogP) is 1.93. The lowest BCUT2D eigenvalue weighted by molar-refractivity contribution is -0.113. The lowest BCUT2D eigenvalue weighted by atomic mass is 10.2. The second kappa shape index (κ2) is 6.76. The summed E-state index contributed by atoms with van der Waals surface area (Å²) in [6.07, 6.45) is 3.31. The van der Waals surface area contributed by atoms with Crippen LogP contribution in [0.2, 0.25) is 0 Å². The normalized spacial score (nSPS) is 10.1. The zero-order chi connectivity index (χ0) is 14.4. The molecule has 0 bridgehead atoms. The van der Waals surface area contributed by atoms with E-state index >= 15 is 0 Å². The number of carbonyl (C=O) groups is 2. The molecule has 0 unspecified atom stereocenters. The highest BCUT2D eigenvalue weighted by molar-refractivity contribution is 7.99. The molecule has 1 aromatic carbocycles. The molecule has 0 aliphatic heterocycles. The third kappa shape index (κ3) is 3.61. The number of methoxy groups -OCH3 is 1. The van der Waals surface area contributed by atoms with Crippen molar-refractivity contribution < 1.29 is 14.3 Å². The van der Waals surface area contributed by atoms with Crippen LogP contribution in [0.1, 0.15) is 10.4 Å². The van der Waals surface area contributed by atoms with E-state index in [2.05, 4.69) is 20.0 Å². The minimum Gasteiger partial charge on any atom is -0.465 e. The van der Waals surface area contributed by atoms with Gasteiger partial charge in [0, 0.05) is 12.4 Å². The van der Waals surface area contributed by atoms with Gasteiger partial charge < -0.3 is 15.0 Å².